The molecule has 1 aromatic rings. The molecule has 1 N–H and O–H groups in total. The van der Waals surface area contributed by atoms with E-state index in [9.17, 15) is 0 Å². The molecule has 0 spiro atoms. The maximum Gasteiger partial charge on any atom is 0.0863 e. The van der Waals surface area contributed by atoms with E-state index in [1.807, 2.05) is 0 Å². The number of halogens is 1. The van der Waals surface area contributed by atoms with Crippen molar-refractivity contribution in [3.8, 4) is 0 Å². The van der Waals surface area contributed by atoms with Crippen LogP contribution in [0.5, 0.6) is 0 Å². The number of hydrogen-bond donors (Lipinski definition) is 1. The Hall–Kier alpha value is -0.580. The fourth-order valence-electron chi connectivity index (χ4n) is 4.21. The Morgan fingerprint density at radius 1 is 1.29 bits per heavy atom. The van der Waals surface area contributed by atoms with Crippen molar-refractivity contribution < 1.29 is 0 Å². The Bertz CT molecular complexity index is 499. The summed E-state index contributed by atoms with van der Waals surface area (Å²) >= 11 is 6.58. The van der Waals surface area contributed by atoms with Gasteiger partial charge in [0, 0.05) is 25.7 Å². The average molecular weight is 311 g/mol. The monoisotopic (exact) mass is 310 g/mol. The number of likely N-dealkylation sites (tertiary alicyclic amines) is 1. The Morgan fingerprint density at radius 3 is 2.76 bits per heavy atom. The molecule has 0 amide bonds. The number of nitrogens with zero attached hydrogens (tertiary/aromatic N) is 3. The van der Waals surface area contributed by atoms with E-state index < -0.39 is 0 Å². The van der Waals surface area contributed by atoms with Crippen molar-refractivity contribution >= 4 is 11.6 Å². The van der Waals surface area contributed by atoms with Crippen LogP contribution in [0.1, 0.15) is 38.6 Å². The highest BCUT2D eigenvalue weighted by molar-refractivity contribution is 6.31. The third kappa shape index (κ3) is 2.62. The van der Waals surface area contributed by atoms with Gasteiger partial charge in [-0.3, -0.25) is 9.58 Å². The van der Waals surface area contributed by atoms with E-state index in [2.05, 4.69) is 40.8 Å². The highest BCUT2D eigenvalue weighted by Crippen LogP contribution is 2.36. The quantitative estimate of drug-likeness (QED) is 0.907. The largest absolute Gasteiger partial charge is 0.316 e. The highest BCUT2D eigenvalue weighted by atomic mass is 35.5. The first-order valence-electron chi connectivity index (χ1n) is 8.38. The van der Waals surface area contributed by atoms with Crippen molar-refractivity contribution in [1.82, 2.24) is 20.0 Å². The van der Waals surface area contributed by atoms with Gasteiger partial charge in [-0.15, -0.1) is 0 Å². The second-order valence-electron chi connectivity index (χ2n) is 6.36. The smallest absolute Gasteiger partial charge is 0.0863 e. The molecule has 3 atom stereocenters. The summed E-state index contributed by atoms with van der Waals surface area (Å²) in [4.78, 5) is 2.64. The average Bonchev–Trinajstić information content (AvgIpc) is 3.13. The predicted molar refractivity (Wildman–Crippen MR) is 86.6 cm³/mol. The lowest BCUT2D eigenvalue weighted by atomic mass is 9.93. The van der Waals surface area contributed by atoms with E-state index in [0.717, 1.165) is 42.1 Å². The third-order valence-corrected chi connectivity index (χ3v) is 5.73. The van der Waals surface area contributed by atoms with Crippen LogP contribution in [0.25, 0.3) is 0 Å². The van der Waals surface area contributed by atoms with Gasteiger partial charge in [0.25, 0.3) is 0 Å². The summed E-state index contributed by atoms with van der Waals surface area (Å²) in [5, 5.41) is 9.10. The zero-order valence-electron chi connectivity index (χ0n) is 13.4. The molecule has 0 radical (unpaired) electrons. The standard InChI is InChI=1S/C16H27ClN4/c1-4-13-16(17)15(21(6-3)19-13)10-20-9-11-7-18-8-12(11)14(20)5-2/h11-12,14,18H,4-10H2,1-3H3. The van der Waals surface area contributed by atoms with Crippen molar-refractivity contribution in [2.75, 3.05) is 19.6 Å². The summed E-state index contributed by atoms with van der Waals surface area (Å²) < 4.78 is 2.10. The van der Waals surface area contributed by atoms with Crippen LogP contribution >= 0.6 is 11.6 Å². The van der Waals surface area contributed by atoms with Crippen molar-refractivity contribution in [1.29, 1.82) is 0 Å². The van der Waals surface area contributed by atoms with Crippen LogP contribution in [0.3, 0.4) is 0 Å². The first-order chi connectivity index (χ1) is 10.2. The van der Waals surface area contributed by atoms with Crippen molar-refractivity contribution in [2.24, 2.45) is 11.8 Å². The first kappa shape index (κ1) is 15.3. The minimum atomic E-state index is 0.686. The maximum absolute atomic E-state index is 6.58. The lowest BCUT2D eigenvalue weighted by Crippen LogP contribution is -2.35. The summed E-state index contributed by atoms with van der Waals surface area (Å²) in [5.41, 5.74) is 2.25. The molecule has 5 heteroatoms. The molecule has 2 fully saturated rings. The second kappa shape index (κ2) is 6.27. The minimum absolute atomic E-state index is 0.686. The zero-order chi connectivity index (χ0) is 15.0. The highest BCUT2D eigenvalue weighted by Gasteiger charge is 2.43. The van der Waals surface area contributed by atoms with E-state index >= 15 is 0 Å². The van der Waals surface area contributed by atoms with Crippen LogP contribution < -0.4 is 5.32 Å². The van der Waals surface area contributed by atoms with Crippen LogP contribution in [-0.4, -0.2) is 40.4 Å². The van der Waals surface area contributed by atoms with Crippen LogP contribution in [0.4, 0.5) is 0 Å². The van der Waals surface area contributed by atoms with Crippen LogP contribution in [0.2, 0.25) is 5.02 Å². The van der Waals surface area contributed by atoms with Gasteiger partial charge < -0.3 is 5.32 Å². The number of aryl methyl sites for hydroxylation is 2. The molecule has 2 saturated heterocycles. The molecule has 21 heavy (non-hydrogen) atoms. The number of hydrogen-bond acceptors (Lipinski definition) is 3. The van der Waals surface area contributed by atoms with Crippen molar-refractivity contribution in [2.45, 2.75) is 52.7 Å². The van der Waals surface area contributed by atoms with Gasteiger partial charge in [-0.05, 0) is 44.7 Å². The van der Waals surface area contributed by atoms with Gasteiger partial charge in [0.05, 0.1) is 16.4 Å². The molecule has 4 nitrogen and oxygen atoms in total. The van der Waals surface area contributed by atoms with Gasteiger partial charge in [-0.2, -0.15) is 5.10 Å². The van der Waals surface area contributed by atoms with Crippen LogP contribution in [0.15, 0.2) is 0 Å². The Kier molecular flexibility index (Phi) is 4.57. The lowest BCUT2D eigenvalue weighted by molar-refractivity contribution is 0.205. The van der Waals surface area contributed by atoms with E-state index in [-0.39, 0.29) is 0 Å². The Labute approximate surface area is 132 Å². The predicted octanol–water partition coefficient (Wildman–Crippen LogP) is 2.55. The number of aromatic nitrogens is 2. The number of nitrogens with one attached hydrogen (secondary N) is 1. The lowest BCUT2D eigenvalue weighted by Gasteiger charge is -2.27. The molecule has 118 valence electrons. The summed E-state index contributed by atoms with van der Waals surface area (Å²) in [6.45, 7) is 12.0. The van der Waals surface area contributed by atoms with Gasteiger partial charge in [0.15, 0.2) is 0 Å². The Balaban J connectivity index is 1.82. The van der Waals surface area contributed by atoms with Gasteiger partial charge in [-0.1, -0.05) is 25.4 Å². The molecular formula is C16H27ClN4. The molecule has 1 aromatic heterocycles. The van der Waals surface area contributed by atoms with Crippen LogP contribution in [0, 0.1) is 11.8 Å². The maximum atomic E-state index is 6.58. The summed E-state index contributed by atoms with van der Waals surface area (Å²) in [6.07, 6.45) is 2.13. The molecule has 0 saturated carbocycles. The van der Waals surface area contributed by atoms with E-state index in [0.29, 0.717) is 6.04 Å². The minimum Gasteiger partial charge on any atom is -0.316 e. The normalized spacial score (nSPS) is 29.2. The first-order valence-corrected chi connectivity index (χ1v) is 8.76. The van der Waals surface area contributed by atoms with E-state index in [1.54, 1.807) is 0 Å². The molecule has 0 bridgehead atoms. The summed E-state index contributed by atoms with van der Waals surface area (Å²) in [6, 6.07) is 0.686. The van der Waals surface area contributed by atoms with Crippen molar-refractivity contribution in [3.05, 3.63) is 16.4 Å². The molecule has 3 unspecified atom stereocenters. The summed E-state index contributed by atoms with van der Waals surface area (Å²) in [7, 11) is 0. The number of rotatable bonds is 5. The summed E-state index contributed by atoms with van der Waals surface area (Å²) in [5.74, 6) is 1.63. The molecule has 2 aliphatic rings. The molecule has 2 aliphatic heterocycles. The van der Waals surface area contributed by atoms with Gasteiger partial charge in [-0.25, -0.2) is 0 Å². The van der Waals surface area contributed by atoms with E-state index in [4.69, 9.17) is 11.6 Å². The zero-order valence-corrected chi connectivity index (χ0v) is 14.2. The van der Waals surface area contributed by atoms with Crippen molar-refractivity contribution in [3.63, 3.8) is 0 Å². The van der Waals surface area contributed by atoms with Gasteiger partial charge >= 0.3 is 0 Å². The molecule has 0 aliphatic carbocycles. The second-order valence-corrected chi connectivity index (χ2v) is 6.74. The fourth-order valence-corrected chi connectivity index (χ4v) is 4.54. The molecule has 0 aromatic carbocycles. The molecule has 3 heterocycles. The van der Waals surface area contributed by atoms with E-state index in [1.165, 1.54) is 31.7 Å². The molecular weight excluding hydrogens is 284 g/mol. The third-order valence-electron chi connectivity index (χ3n) is 5.29. The SMILES string of the molecule is CCc1nn(CC)c(CN2CC3CNCC3C2CC)c1Cl. The van der Waals surface area contributed by atoms with Gasteiger partial charge in [0.1, 0.15) is 0 Å². The number of fused-ring (bicyclic) bond motifs is 1. The fraction of sp³-hybridized carbons (Fsp3) is 0.812. The Morgan fingerprint density at radius 2 is 2.10 bits per heavy atom. The topological polar surface area (TPSA) is 33.1 Å². The molecule has 3 rings (SSSR count). The van der Waals surface area contributed by atoms with Crippen LogP contribution in [-0.2, 0) is 19.5 Å². The van der Waals surface area contributed by atoms with Gasteiger partial charge in [0.2, 0.25) is 0 Å².